The van der Waals surface area contributed by atoms with E-state index in [1.165, 1.54) is 24.5 Å². The minimum atomic E-state index is -0.650. The third kappa shape index (κ3) is 5.88. The highest BCUT2D eigenvalue weighted by Crippen LogP contribution is 2.24. The largest absolute Gasteiger partial charge is 0.489 e. The molecule has 0 aliphatic rings. The van der Waals surface area contributed by atoms with E-state index in [0.29, 0.717) is 34.2 Å². The van der Waals surface area contributed by atoms with Crippen LogP contribution in [-0.2, 0) is 6.61 Å². The van der Waals surface area contributed by atoms with Crippen molar-refractivity contribution >= 4 is 11.6 Å². The summed E-state index contributed by atoms with van der Waals surface area (Å²) in [6.45, 7) is 1.87. The van der Waals surface area contributed by atoms with Crippen molar-refractivity contribution in [2.45, 2.75) is 13.5 Å². The molecule has 2 aromatic carbocycles. The molecular formula is C25H19F2N3O3. The highest BCUT2D eigenvalue weighted by atomic mass is 19.1. The summed E-state index contributed by atoms with van der Waals surface area (Å²) in [7, 11) is 0. The molecular weight excluding hydrogens is 428 g/mol. The monoisotopic (exact) mass is 447 g/mol. The normalized spacial score (nSPS) is 10.5. The molecule has 0 saturated carbocycles. The van der Waals surface area contributed by atoms with E-state index in [2.05, 4.69) is 15.3 Å². The zero-order chi connectivity index (χ0) is 23.2. The molecule has 4 rings (SSSR count). The van der Waals surface area contributed by atoms with Crippen LogP contribution in [0.5, 0.6) is 17.4 Å². The van der Waals surface area contributed by atoms with Gasteiger partial charge in [-0.25, -0.2) is 13.8 Å². The third-order valence-electron chi connectivity index (χ3n) is 4.65. The number of halogens is 2. The van der Waals surface area contributed by atoms with Gasteiger partial charge in [0.1, 0.15) is 29.7 Å². The number of carbonyl (C=O) groups excluding carboxylic acids is 1. The Kier molecular flexibility index (Phi) is 6.54. The summed E-state index contributed by atoms with van der Waals surface area (Å²) >= 11 is 0. The number of nitrogens with one attached hydrogen (secondary N) is 1. The van der Waals surface area contributed by atoms with Gasteiger partial charge in [0, 0.05) is 24.5 Å². The van der Waals surface area contributed by atoms with Gasteiger partial charge in [0.2, 0.25) is 5.88 Å². The maximum atomic E-state index is 13.3. The van der Waals surface area contributed by atoms with E-state index in [0.717, 1.165) is 11.6 Å². The minimum absolute atomic E-state index is 0.0300. The fourth-order valence-corrected chi connectivity index (χ4v) is 3.00. The molecule has 2 aromatic heterocycles. The van der Waals surface area contributed by atoms with Crippen LogP contribution in [0.4, 0.5) is 14.5 Å². The first kappa shape index (κ1) is 21.9. The summed E-state index contributed by atoms with van der Waals surface area (Å²) in [6.07, 6.45) is 4.64. The number of aromatic nitrogens is 2. The van der Waals surface area contributed by atoms with Gasteiger partial charge < -0.3 is 14.8 Å². The van der Waals surface area contributed by atoms with Gasteiger partial charge in [-0.3, -0.25) is 9.78 Å². The molecule has 0 fully saturated rings. The van der Waals surface area contributed by atoms with Crippen molar-refractivity contribution in [3.8, 4) is 17.4 Å². The van der Waals surface area contributed by atoms with Crippen molar-refractivity contribution in [3.63, 3.8) is 0 Å². The molecule has 0 spiro atoms. The van der Waals surface area contributed by atoms with Crippen molar-refractivity contribution < 1.29 is 23.0 Å². The van der Waals surface area contributed by atoms with Gasteiger partial charge in [0.15, 0.2) is 0 Å². The quantitative estimate of drug-likeness (QED) is 0.394. The van der Waals surface area contributed by atoms with Crippen LogP contribution in [0.25, 0.3) is 0 Å². The summed E-state index contributed by atoms with van der Waals surface area (Å²) in [5, 5.41) is 2.77. The molecule has 4 aromatic rings. The molecule has 1 amide bonds. The Bertz CT molecular complexity index is 1240. The molecule has 8 heteroatoms. The number of rotatable bonds is 7. The fourth-order valence-electron chi connectivity index (χ4n) is 3.00. The van der Waals surface area contributed by atoms with E-state index in [1.807, 2.05) is 6.92 Å². The lowest BCUT2D eigenvalue weighted by Gasteiger charge is -2.10. The van der Waals surface area contributed by atoms with E-state index in [-0.39, 0.29) is 12.5 Å². The molecule has 2 heterocycles. The van der Waals surface area contributed by atoms with E-state index >= 15 is 0 Å². The predicted molar refractivity (Wildman–Crippen MR) is 118 cm³/mol. The van der Waals surface area contributed by atoms with Gasteiger partial charge in [-0.2, -0.15) is 0 Å². The second-order valence-corrected chi connectivity index (χ2v) is 7.17. The first-order chi connectivity index (χ1) is 16.0. The van der Waals surface area contributed by atoms with Crippen molar-refractivity contribution in [1.82, 2.24) is 9.97 Å². The molecule has 0 atom stereocenters. The van der Waals surface area contributed by atoms with E-state index in [1.54, 1.807) is 48.7 Å². The summed E-state index contributed by atoms with van der Waals surface area (Å²) < 4.78 is 37.8. The van der Waals surface area contributed by atoms with Crippen LogP contribution in [0.1, 0.15) is 21.5 Å². The molecule has 166 valence electrons. The summed E-state index contributed by atoms with van der Waals surface area (Å²) in [5.41, 5.74) is 2.23. The topological polar surface area (TPSA) is 73.3 Å². The van der Waals surface area contributed by atoms with Crippen molar-refractivity contribution in [2.75, 3.05) is 5.32 Å². The second-order valence-electron chi connectivity index (χ2n) is 7.17. The molecule has 0 saturated heterocycles. The van der Waals surface area contributed by atoms with Crippen molar-refractivity contribution in [1.29, 1.82) is 0 Å². The Balaban J connectivity index is 1.32. The number of aryl methyl sites for hydroxylation is 1. The number of amides is 1. The number of nitrogens with zero attached hydrogens (tertiary/aromatic N) is 2. The van der Waals surface area contributed by atoms with Crippen LogP contribution in [0.15, 0.2) is 79.3 Å². The number of hydrogen-bond donors (Lipinski definition) is 1. The Labute approximate surface area is 188 Å². The molecule has 0 bridgehead atoms. The number of ether oxygens (including phenoxy) is 2. The summed E-state index contributed by atoms with van der Waals surface area (Å²) in [5.74, 6) is -0.189. The molecule has 1 N–H and O–H groups in total. The number of carbonyl (C=O) groups is 1. The van der Waals surface area contributed by atoms with Crippen molar-refractivity contribution in [3.05, 3.63) is 108 Å². The summed E-state index contributed by atoms with van der Waals surface area (Å²) in [4.78, 5) is 20.5. The van der Waals surface area contributed by atoms with Gasteiger partial charge in [0.05, 0.1) is 17.4 Å². The van der Waals surface area contributed by atoms with Gasteiger partial charge in [0.25, 0.3) is 5.91 Å². The number of hydrogen-bond acceptors (Lipinski definition) is 5. The molecule has 0 aliphatic carbocycles. The van der Waals surface area contributed by atoms with Crippen LogP contribution in [0.2, 0.25) is 0 Å². The lowest BCUT2D eigenvalue weighted by Crippen LogP contribution is -2.13. The van der Waals surface area contributed by atoms with E-state index < -0.39 is 11.6 Å². The fraction of sp³-hybridized carbons (Fsp3) is 0.0800. The Morgan fingerprint density at radius 1 is 0.939 bits per heavy atom. The van der Waals surface area contributed by atoms with Gasteiger partial charge in [-0.1, -0.05) is 0 Å². The standard InChI is InChI=1S/C25H19F2N3O3/c1-16-8-9-28-14-23(16)25(31)30-20-2-7-24(29-13-20)33-22-5-3-21(4-6-22)32-15-17-10-18(26)12-19(27)11-17/h2-14H,15H2,1H3,(H,30,31). The molecule has 0 radical (unpaired) electrons. The average molecular weight is 447 g/mol. The first-order valence-electron chi connectivity index (χ1n) is 10.00. The van der Waals surface area contributed by atoms with E-state index in [4.69, 9.17) is 9.47 Å². The van der Waals surface area contributed by atoms with Crippen LogP contribution in [0.3, 0.4) is 0 Å². The minimum Gasteiger partial charge on any atom is -0.489 e. The number of benzene rings is 2. The number of pyridine rings is 2. The van der Waals surface area contributed by atoms with E-state index in [9.17, 15) is 13.6 Å². The Hall–Kier alpha value is -4.33. The SMILES string of the molecule is Cc1ccncc1C(=O)Nc1ccc(Oc2ccc(OCc3cc(F)cc(F)c3)cc2)nc1. The number of anilines is 1. The molecule has 6 nitrogen and oxygen atoms in total. The Morgan fingerprint density at radius 3 is 2.33 bits per heavy atom. The smallest absolute Gasteiger partial charge is 0.257 e. The lowest BCUT2D eigenvalue weighted by atomic mass is 10.1. The van der Waals surface area contributed by atoms with Crippen LogP contribution >= 0.6 is 0 Å². The Morgan fingerprint density at radius 2 is 1.67 bits per heavy atom. The van der Waals surface area contributed by atoms with Crippen LogP contribution in [0, 0.1) is 18.6 Å². The van der Waals surface area contributed by atoms with Crippen LogP contribution < -0.4 is 14.8 Å². The summed E-state index contributed by atoms with van der Waals surface area (Å²) in [6, 6.07) is 15.1. The maximum absolute atomic E-state index is 13.3. The highest BCUT2D eigenvalue weighted by molar-refractivity contribution is 6.04. The zero-order valence-corrected chi connectivity index (χ0v) is 17.6. The van der Waals surface area contributed by atoms with Gasteiger partial charge in [-0.15, -0.1) is 0 Å². The lowest BCUT2D eigenvalue weighted by molar-refractivity contribution is 0.102. The highest BCUT2D eigenvalue weighted by Gasteiger charge is 2.10. The molecule has 0 aliphatic heterocycles. The van der Waals surface area contributed by atoms with Crippen molar-refractivity contribution in [2.24, 2.45) is 0 Å². The zero-order valence-electron chi connectivity index (χ0n) is 17.6. The predicted octanol–water partition coefficient (Wildman–Crippen LogP) is 5.69. The second kappa shape index (κ2) is 9.86. The first-order valence-corrected chi connectivity index (χ1v) is 10.00. The average Bonchev–Trinajstić information content (AvgIpc) is 2.79. The molecule has 33 heavy (non-hydrogen) atoms. The van der Waals surface area contributed by atoms with Gasteiger partial charge >= 0.3 is 0 Å². The van der Waals surface area contributed by atoms with Gasteiger partial charge in [-0.05, 0) is 66.6 Å². The molecule has 0 unspecified atom stereocenters. The van der Waals surface area contributed by atoms with Crippen LogP contribution in [-0.4, -0.2) is 15.9 Å². The maximum Gasteiger partial charge on any atom is 0.257 e. The third-order valence-corrected chi connectivity index (χ3v) is 4.65.